The van der Waals surface area contributed by atoms with E-state index in [2.05, 4.69) is 6.58 Å². The molecule has 20 heavy (non-hydrogen) atoms. The zero-order valence-corrected chi connectivity index (χ0v) is 12.6. The van der Waals surface area contributed by atoms with Crippen molar-refractivity contribution < 1.29 is 14.3 Å². The van der Waals surface area contributed by atoms with Crippen LogP contribution < -0.4 is 0 Å². The Bertz CT molecular complexity index is 399. The molecule has 2 fully saturated rings. The highest BCUT2D eigenvalue weighted by Crippen LogP contribution is 2.32. The van der Waals surface area contributed by atoms with Gasteiger partial charge in [-0.05, 0) is 26.2 Å². The van der Waals surface area contributed by atoms with Crippen LogP contribution in [0.3, 0.4) is 0 Å². The van der Waals surface area contributed by atoms with Gasteiger partial charge < -0.3 is 9.64 Å². The molecule has 0 N–H and O–H groups in total. The van der Waals surface area contributed by atoms with Crippen LogP contribution in [0.1, 0.15) is 52.4 Å². The summed E-state index contributed by atoms with van der Waals surface area (Å²) in [6, 6.07) is 0.388. The molecule has 0 bridgehead atoms. The molecule has 2 rings (SSSR count). The summed E-state index contributed by atoms with van der Waals surface area (Å²) < 4.78 is 5.27. The Morgan fingerprint density at radius 2 is 2.00 bits per heavy atom. The molecule has 4 nitrogen and oxygen atoms in total. The Hall–Kier alpha value is -1.32. The number of carbonyl (C=O) groups is 2. The molecule has 1 aliphatic heterocycles. The fourth-order valence-electron chi connectivity index (χ4n) is 3.34. The highest BCUT2D eigenvalue weighted by Gasteiger charge is 2.41. The lowest BCUT2D eigenvalue weighted by Crippen LogP contribution is -2.45. The summed E-state index contributed by atoms with van der Waals surface area (Å²) in [4.78, 5) is 25.9. The first-order valence-electron chi connectivity index (χ1n) is 7.65. The number of nitrogens with zero attached hydrogens (tertiary/aromatic N) is 1. The number of carbonyl (C=O) groups excluding carboxylic acids is 2. The molecule has 2 unspecified atom stereocenters. The summed E-state index contributed by atoms with van der Waals surface area (Å²) in [5, 5.41) is 0. The third-order valence-electron chi connectivity index (χ3n) is 4.42. The van der Waals surface area contributed by atoms with Crippen LogP contribution in [0.4, 0.5) is 0 Å². The summed E-state index contributed by atoms with van der Waals surface area (Å²) in [6.07, 6.45) is 6.62. The first-order valence-corrected chi connectivity index (χ1v) is 7.65. The number of amides is 1. The van der Waals surface area contributed by atoms with Crippen LogP contribution in [0.25, 0.3) is 0 Å². The van der Waals surface area contributed by atoms with Gasteiger partial charge in [-0.1, -0.05) is 32.8 Å². The molecule has 1 heterocycles. The lowest BCUT2D eigenvalue weighted by atomic mass is 9.94. The number of hydrogen-bond acceptors (Lipinski definition) is 3. The van der Waals surface area contributed by atoms with Gasteiger partial charge in [0.15, 0.2) is 0 Å². The molecule has 0 aromatic rings. The minimum absolute atomic E-state index is 0.0453. The minimum atomic E-state index is -0.361. The second-order valence-corrected chi connectivity index (χ2v) is 6.21. The van der Waals surface area contributed by atoms with Gasteiger partial charge in [-0.2, -0.15) is 0 Å². The summed E-state index contributed by atoms with van der Waals surface area (Å²) in [5.74, 6) is -0.0840. The molecule has 2 aliphatic rings. The predicted octanol–water partition coefficient (Wildman–Crippen LogP) is 2.68. The fourth-order valence-corrected chi connectivity index (χ4v) is 3.34. The normalized spacial score (nSPS) is 27.7. The van der Waals surface area contributed by atoms with Gasteiger partial charge in [-0.3, -0.25) is 4.79 Å². The SMILES string of the molecule is C=C(C)C(=O)OCC1CC(C)C(=O)N1C1CCCCC1. The average Bonchev–Trinajstić information content (AvgIpc) is 2.72. The van der Waals surface area contributed by atoms with Crippen LogP contribution in [0.15, 0.2) is 12.2 Å². The smallest absolute Gasteiger partial charge is 0.333 e. The van der Waals surface area contributed by atoms with Gasteiger partial charge in [0.05, 0.1) is 6.04 Å². The van der Waals surface area contributed by atoms with Gasteiger partial charge in [-0.15, -0.1) is 0 Å². The quantitative estimate of drug-likeness (QED) is 0.587. The highest BCUT2D eigenvalue weighted by atomic mass is 16.5. The molecule has 0 spiro atoms. The zero-order valence-electron chi connectivity index (χ0n) is 12.6. The number of rotatable bonds is 4. The second-order valence-electron chi connectivity index (χ2n) is 6.21. The molecule has 0 aromatic heterocycles. The van der Waals surface area contributed by atoms with E-state index in [0.29, 0.717) is 18.2 Å². The molecule has 1 amide bonds. The van der Waals surface area contributed by atoms with E-state index in [-0.39, 0.29) is 23.8 Å². The average molecular weight is 279 g/mol. The molecule has 112 valence electrons. The molecular weight excluding hydrogens is 254 g/mol. The van der Waals surface area contributed by atoms with Crippen molar-refractivity contribution in [2.75, 3.05) is 6.61 Å². The summed E-state index contributed by atoms with van der Waals surface area (Å²) in [7, 11) is 0. The van der Waals surface area contributed by atoms with E-state index >= 15 is 0 Å². The number of ether oxygens (including phenoxy) is 1. The zero-order chi connectivity index (χ0) is 14.7. The van der Waals surface area contributed by atoms with Gasteiger partial charge in [0.25, 0.3) is 0 Å². The predicted molar refractivity (Wildman–Crippen MR) is 77.1 cm³/mol. The van der Waals surface area contributed by atoms with Crippen LogP contribution in [0.5, 0.6) is 0 Å². The number of esters is 1. The molecule has 0 aromatic carbocycles. The number of likely N-dealkylation sites (tertiary alicyclic amines) is 1. The van der Waals surface area contributed by atoms with E-state index in [4.69, 9.17) is 4.74 Å². The Labute approximate surface area is 121 Å². The maximum Gasteiger partial charge on any atom is 0.333 e. The van der Waals surface area contributed by atoms with Gasteiger partial charge in [0, 0.05) is 17.5 Å². The third-order valence-corrected chi connectivity index (χ3v) is 4.42. The summed E-state index contributed by atoms with van der Waals surface area (Å²) in [5.41, 5.74) is 0.409. The molecule has 1 aliphatic carbocycles. The van der Waals surface area contributed by atoms with Crippen molar-refractivity contribution in [1.82, 2.24) is 4.90 Å². The molecular formula is C16H25NO3. The number of hydrogen-bond donors (Lipinski definition) is 0. The van der Waals surface area contributed by atoms with Gasteiger partial charge >= 0.3 is 5.97 Å². The monoisotopic (exact) mass is 279 g/mol. The maximum absolute atomic E-state index is 12.4. The van der Waals surface area contributed by atoms with Crippen molar-refractivity contribution in [2.24, 2.45) is 5.92 Å². The molecule has 1 saturated heterocycles. The molecule has 1 saturated carbocycles. The minimum Gasteiger partial charge on any atom is -0.460 e. The van der Waals surface area contributed by atoms with Crippen molar-refractivity contribution in [2.45, 2.75) is 64.5 Å². The molecule has 2 atom stereocenters. The topological polar surface area (TPSA) is 46.6 Å². The first kappa shape index (κ1) is 15.1. The van der Waals surface area contributed by atoms with Crippen molar-refractivity contribution in [3.8, 4) is 0 Å². The fraction of sp³-hybridized carbons (Fsp3) is 0.750. The van der Waals surface area contributed by atoms with E-state index in [9.17, 15) is 9.59 Å². The van der Waals surface area contributed by atoms with Crippen LogP contribution in [0.2, 0.25) is 0 Å². The van der Waals surface area contributed by atoms with Crippen molar-refractivity contribution in [3.05, 3.63) is 12.2 Å². The lowest BCUT2D eigenvalue weighted by Gasteiger charge is -2.35. The Balaban J connectivity index is 1.99. The van der Waals surface area contributed by atoms with E-state index in [1.807, 2.05) is 11.8 Å². The van der Waals surface area contributed by atoms with E-state index in [1.165, 1.54) is 19.3 Å². The summed E-state index contributed by atoms with van der Waals surface area (Å²) in [6.45, 7) is 7.50. The Morgan fingerprint density at radius 1 is 1.35 bits per heavy atom. The van der Waals surface area contributed by atoms with Crippen molar-refractivity contribution >= 4 is 11.9 Å². The lowest BCUT2D eigenvalue weighted by molar-refractivity contribution is -0.144. The maximum atomic E-state index is 12.4. The Kier molecular flexibility index (Phi) is 4.84. The second kappa shape index (κ2) is 6.42. The van der Waals surface area contributed by atoms with Crippen LogP contribution >= 0.6 is 0 Å². The van der Waals surface area contributed by atoms with E-state index < -0.39 is 0 Å². The largest absolute Gasteiger partial charge is 0.460 e. The van der Waals surface area contributed by atoms with E-state index in [0.717, 1.165) is 19.3 Å². The van der Waals surface area contributed by atoms with Gasteiger partial charge in [0.2, 0.25) is 5.91 Å². The highest BCUT2D eigenvalue weighted by molar-refractivity contribution is 5.87. The van der Waals surface area contributed by atoms with Crippen molar-refractivity contribution in [1.29, 1.82) is 0 Å². The van der Waals surface area contributed by atoms with Crippen LogP contribution in [-0.2, 0) is 14.3 Å². The Morgan fingerprint density at radius 3 is 2.60 bits per heavy atom. The first-order chi connectivity index (χ1) is 9.50. The third kappa shape index (κ3) is 3.22. The molecule has 4 heteroatoms. The van der Waals surface area contributed by atoms with Gasteiger partial charge in [0.1, 0.15) is 6.61 Å². The van der Waals surface area contributed by atoms with Crippen molar-refractivity contribution in [3.63, 3.8) is 0 Å². The molecule has 0 radical (unpaired) electrons. The summed E-state index contributed by atoms with van der Waals surface area (Å²) >= 11 is 0. The van der Waals surface area contributed by atoms with Gasteiger partial charge in [-0.25, -0.2) is 4.79 Å². The van der Waals surface area contributed by atoms with E-state index in [1.54, 1.807) is 6.92 Å². The van der Waals surface area contributed by atoms with Crippen LogP contribution in [-0.4, -0.2) is 35.5 Å². The standard InChI is InChI=1S/C16H25NO3/c1-11(2)16(19)20-10-14-9-12(3)15(18)17(14)13-7-5-4-6-8-13/h12-14H,1,4-10H2,2-3H3. The van der Waals surface area contributed by atoms with Crippen LogP contribution in [0, 0.1) is 5.92 Å².